The first-order chi connectivity index (χ1) is 12.6. The summed E-state index contributed by atoms with van der Waals surface area (Å²) in [5.41, 5.74) is 1.34. The molecule has 0 radical (unpaired) electrons. The first-order valence-corrected chi connectivity index (χ1v) is 8.91. The molecule has 0 aliphatic rings. The van der Waals surface area contributed by atoms with Crippen molar-refractivity contribution in [3.05, 3.63) is 48.0 Å². The van der Waals surface area contributed by atoms with E-state index in [4.69, 9.17) is 14.7 Å². The summed E-state index contributed by atoms with van der Waals surface area (Å²) in [6.45, 7) is 4.18. The topological polar surface area (TPSA) is 84.2 Å². The predicted octanol–water partition coefficient (Wildman–Crippen LogP) is 3.97. The second-order valence-corrected chi connectivity index (χ2v) is 6.50. The molecule has 7 heteroatoms. The molecule has 6 nitrogen and oxygen atoms in total. The molecule has 3 aromatic rings. The predicted molar refractivity (Wildman–Crippen MR) is 101 cm³/mol. The number of benzene rings is 2. The van der Waals surface area contributed by atoms with Gasteiger partial charge in [0.2, 0.25) is 0 Å². The molecule has 26 heavy (non-hydrogen) atoms. The Morgan fingerprint density at radius 3 is 2.69 bits per heavy atom. The summed E-state index contributed by atoms with van der Waals surface area (Å²) in [6, 6.07) is 14.3. The maximum Gasteiger partial charge on any atom is 0.266 e. The number of hydrogen-bond donors (Lipinski definition) is 1. The van der Waals surface area contributed by atoms with Gasteiger partial charge in [0.1, 0.15) is 11.5 Å². The van der Waals surface area contributed by atoms with Crippen molar-refractivity contribution in [3.63, 3.8) is 0 Å². The number of amides is 1. The Balaban J connectivity index is 1.66. The van der Waals surface area contributed by atoms with Crippen LogP contribution in [0.2, 0.25) is 0 Å². The van der Waals surface area contributed by atoms with Crippen molar-refractivity contribution in [1.82, 2.24) is 4.98 Å². The number of nitrogens with one attached hydrogen (secondary N) is 1. The maximum atomic E-state index is 12.3. The van der Waals surface area contributed by atoms with Crippen molar-refractivity contribution in [3.8, 4) is 17.6 Å². The lowest BCUT2D eigenvalue weighted by Gasteiger charge is -2.13. The van der Waals surface area contributed by atoms with Gasteiger partial charge in [-0.2, -0.15) is 5.26 Å². The van der Waals surface area contributed by atoms with Gasteiger partial charge in [0.05, 0.1) is 28.5 Å². The van der Waals surface area contributed by atoms with E-state index in [1.807, 2.05) is 31.2 Å². The van der Waals surface area contributed by atoms with Crippen molar-refractivity contribution in [2.45, 2.75) is 20.0 Å². The molecule has 1 amide bonds. The maximum absolute atomic E-state index is 12.3. The van der Waals surface area contributed by atoms with Crippen molar-refractivity contribution in [1.29, 1.82) is 5.26 Å². The Hall–Kier alpha value is -3.11. The molecule has 2 aromatic carbocycles. The number of aromatic nitrogens is 1. The zero-order valence-corrected chi connectivity index (χ0v) is 15.2. The largest absolute Gasteiger partial charge is 0.494 e. The number of thiazole rings is 1. The van der Waals surface area contributed by atoms with Crippen LogP contribution in [0.15, 0.2) is 42.5 Å². The second-order valence-electron chi connectivity index (χ2n) is 5.47. The Labute approximate surface area is 155 Å². The molecule has 1 heterocycles. The molecule has 0 aliphatic carbocycles. The molecule has 0 aliphatic heterocycles. The monoisotopic (exact) mass is 367 g/mol. The van der Waals surface area contributed by atoms with E-state index < -0.39 is 6.10 Å². The summed E-state index contributed by atoms with van der Waals surface area (Å²) >= 11 is 1.38. The lowest BCUT2D eigenvalue weighted by molar-refractivity contribution is -0.122. The summed E-state index contributed by atoms with van der Waals surface area (Å²) in [5.74, 6) is 1.01. The van der Waals surface area contributed by atoms with Crippen LogP contribution < -0.4 is 14.8 Å². The molecule has 0 saturated carbocycles. The third-order valence-electron chi connectivity index (χ3n) is 3.57. The van der Waals surface area contributed by atoms with E-state index in [9.17, 15) is 4.79 Å². The molecule has 3 rings (SSSR count). The molecule has 0 saturated heterocycles. The Morgan fingerprint density at radius 2 is 2.00 bits per heavy atom. The van der Waals surface area contributed by atoms with Gasteiger partial charge in [-0.3, -0.25) is 10.1 Å². The van der Waals surface area contributed by atoms with Crippen molar-refractivity contribution < 1.29 is 14.3 Å². The third kappa shape index (κ3) is 4.10. The van der Waals surface area contributed by atoms with Crippen LogP contribution >= 0.6 is 11.3 Å². The van der Waals surface area contributed by atoms with Crippen LogP contribution in [0.5, 0.6) is 11.5 Å². The van der Waals surface area contributed by atoms with E-state index in [0.717, 1.165) is 16.0 Å². The number of carbonyl (C=O) groups excluding carboxylic acids is 1. The molecular formula is C19H17N3O3S. The number of nitrogens with zero attached hydrogens (tertiary/aromatic N) is 2. The minimum absolute atomic E-state index is 0.293. The highest BCUT2D eigenvalue weighted by molar-refractivity contribution is 7.22. The van der Waals surface area contributed by atoms with E-state index in [1.165, 1.54) is 11.3 Å². The molecule has 132 valence electrons. The van der Waals surface area contributed by atoms with Gasteiger partial charge in [-0.1, -0.05) is 11.3 Å². The number of rotatable bonds is 6. The van der Waals surface area contributed by atoms with Crippen molar-refractivity contribution in [2.75, 3.05) is 11.9 Å². The Kier molecular flexibility index (Phi) is 5.34. The van der Waals surface area contributed by atoms with E-state index in [0.29, 0.717) is 23.1 Å². The quantitative estimate of drug-likeness (QED) is 0.712. The van der Waals surface area contributed by atoms with Gasteiger partial charge in [-0.15, -0.1) is 0 Å². The fourth-order valence-electron chi connectivity index (χ4n) is 2.29. The fraction of sp³-hybridized carbons (Fsp3) is 0.211. The molecule has 0 fully saturated rings. The van der Waals surface area contributed by atoms with Gasteiger partial charge < -0.3 is 9.47 Å². The van der Waals surface area contributed by atoms with Gasteiger partial charge in [0.15, 0.2) is 11.2 Å². The van der Waals surface area contributed by atoms with Gasteiger partial charge in [0.25, 0.3) is 5.91 Å². The van der Waals surface area contributed by atoms with E-state index >= 15 is 0 Å². The standard InChI is InChI=1S/C19H17N3O3S/c1-3-24-15-8-9-16-17(10-15)26-19(21-16)22-18(23)12(2)25-14-6-4-13(11-20)5-7-14/h4-10,12H,3H2,1-2H3,(H,21,22,23)/t12-/m0/s1. The number of fused-ring (bicyclic) bond motifs is 1. The minimum atomic E-state index is -0.700. The molecule has 1 N–H and O–H groups in total. The third-order valence-corrected chi connectivity index (χ3v) is 4.50. The van der Waals surface area contributed by atoms with Gasteiger partial charge in [0, 0.05) is 0 Å². The van der Waals surface area contributed by atoms with Crippen LogP contribution in [0.1, 0.15) is 19.4 Å². The Bertz CT molecular complexity index is 960. The molecule has 1 atom stereocenters. The molecule has 0 bridgehead atoms. The van der Waals surface area contributed by atoms with Crippen molar-refractivity contribution in [2.24, 2.45) is 0 Å². The average Bonchev–Trinajstić information content (AvgIpc) is 3.04. The van der Waals surface area contributed by atoms with Crippen LogP contribution in [0.3, 0.4) is 0 Å². The molecule has 0 spiro atoms. The lowest BCUT2D eigenvalue weighted by Crippen LogP contribution is -2.30. The summed E-state index contributed by atoms with van der Waals surface area (Å²) in [7, 11) is 0. The van der Waals surface area contributed by atoms with E-state index in [-0.39, 0.29) is 5.91 Å². The normalized spacial score (nSPS) is 11.6. The highest BCUT2D eigenvalue weighted by Crippen LogP contribution is 2.29. The van der Waals surface area contributed by atoms with Crippen LogP contribution in [0.4, 0.5) is 5.13 Å². The van der Waals surface area contributed by atoms with Crippen molar-refractivity contribution >= 4 is 32.6 Å². The Morgan fingerprint density at radius 1 is 1.27 bits per heavy atom. The summed E-state index contributed by atoms with van der Waals surface area (Å²) < 4.78 is 12.0. The van der Waals surface area contributed by atoms with Gasteiger partial charge in [-0.25, -0.2) is 4.98 Å². The number of ether oxygens (including phenoxy) is 2. The second kappa shape index (κ2) is 7.85. The highest BCUT2D eigenvalue weighted by Gasteiger charge is 2.17. The highest BCUT2D eigenvalue weighted by atomic mass is 32.1. The van der Waals surface area contributed by atoms with E-state index in [1.54, 1.807) is 31.2 Å². The number of nitriles is 1. The van der Waals surface area contributed by atoms with Crippen LogP contribution in [-0.2, 0) is 4.79 Å². The zero-order valence-electron chi connectivity index (χ0n) is 14.4. The molecule has 0 unspecified atom stereocenters. The lowest BCUT2D eigenvalue weighted by atomic mass is 10.2. The summed E-state index contributed by atoms with van der Waals surface area (Å²) in [6.07, 6.45) is -0.700. The number of anilines is 1. The van der Waals surface area contributed by atoms with Gasteiger partial charge >= 0.3 is 0 Å². The van der Waals surface area contributed by atoms with Gasteiger partial charge in [-0.05, 0) is 56.3 Å². The first-order valence-electron chi connectivity index (χ1n) is 8.10. The number of hydrogen-bond acceptors (Lipinski definition) is 6. The van der Waals surface area contributed by atoms with Crippen LogP contribution in [0, 0.1) is 11.3 Å². The summed E-state index contributed by atoms with van der Waals surface area (Å²) in [4.78, 5) is 16.7. The van der Waals surface area contributed by atoms with E-state index in [2.05, 4.69) is 10.3 Å². The summed E-state index contributed by atoms with van der Waals surface area (Å²) in [5, 5.41) is 12.1. The molecule has 1 aromatic heterocycles. The zero-order chi connectivity index (χ0) is 18.5. The minimum Gasteiger partial charge on any atom is -0.494 e. The average molecular weight is 367 g/mol. The smallest absolute Gasteiger partial charge is 0.266 e. The fourth-order valence-corrected chi connectivity index (χ4v) is 3.18. The SMILES string of the molecule is CCOc1ccc2nc(NC(=O)[C@H](C)Oc3ccc(C#N)cc3)sc2c1. The van der Waals surface area contributed by atoms with Crippen LogP contribution in [-0.4, -0.2) is 23.6 Å². The van der Waals surface area contributed by atoms with Crippen LogP contribution in [0.25, 0.3) is 10.2 Å². The first kappa shape index (κ1) is 17.7. The number of carbonyl (C=O) groups is 1. The molecular weight excluding hydrogens is 350 g/mol.